The minimum Gasteiger partial charge on any atom is -0.355 e. The zero-order valence-corrected chi connectivity index (χ0v) is 13.3. The van der Waals surface area contributed by atoms with Crippen LogP contribution in [0.4, 0.5) is 4.79 Å². The lowest BCUT2D eigenvalue weighted by Crippen LogP contribution is -2.48. The number of nitrogens with one attached hydrogen (secondary N) is 2. The SMILES string of the molecule is CC(=O)NCCNC(=O)C1CCN(C(=O)N2CCCC2)CC1. The highest BCUT2D eigenvalue weighted by molar-refractivity contribution is 5.80. The van der Waals surface area contributed by atoms with Gasteiger partial charge in [0, 0.05) is 52.1 Å². The first-order valence-corrected chi connectivity index (χ1v) is 8.14. The molecule has 2 N–H and O–H groups in total. The second-order valence-corrected chi connectivity index (χ2v) is 6.01. The lowest BCUT2D eigenvalue weighted by Gasteiger charge is -2.34. The number of nitrogens with zero attached hydrogens (tertiary/aromatic N) is 2. The molecule has 2 aliphatic heterocycles. The molecule has 0 aromatic heterocycles. The average Bonchev–Trinajstić information content (AvgIpc) is 3.05. The van der Waals surface area contributed by atoms with Gasteiger partial charge in [-0.25, -0.2) is 4.79 Å². The molecule has 0 aromatic carbocycles. The first-order chi connectivity index (χ1) is 10.6. The van der Waals surface area contributed by atoms with Crippen LogP contribution in [0.2, 0.25) is 0 Å². The summed E-state index contributed by atoms with van der Waals surface area (Å²) in [4.78, 5) is 38.8. The van der Waals surface area contributed by atoms with Gasteiger partial charge < -0.3 is 20.4 Å². The Bertz CT molecular complexity index is 413. The molecule has 7 heteroatoms. The van der Waals surface area contributed by atoms with Crippen LogP contribution >= 0.6 is 0 Å². The van der Waals surface area contributed by atoms with Crippen LogP contribution in [0, 0.1) is 5.92 Å². The molecule has 0 radical (unpaired) electrons. The first kappa shape index (κ1) is 16.6. The van der Waals surface area contributed by atoms with Gasteiger partial charge >= 0.3 is 6.03 Å². The highest BCUT2D eigenvalue weighted by atomic mass is 16.2. The topological polar surface area (TPSA) is 81.8 Å². The molecule has 0 aliphatic carbocycles. The molecule has 0 atom stereocenters. The van der Waals surface area contributed by atoms with Gasteiger partial charge in [-0.15, -0.1) is 0 Å². The van der Waals surface area contributed by atoms with Crippen molar-refractivity contribution >= 4 is 17.8 Å². The van der Waals surface area contributed by atoms with Crippen LogP contribution in [-0.2, 0) is 9.59 Å². The summed E-state index contributed by atoms with van der Waals surface area (Å²) in [6.07, 6.45) is 3.62. The molecule has 7 nitrogen and oxygen atoms in total. The summed E-state index contributed by atoms with van der Waals surface area (Å²) in [5.74, 6) is -0.0958. The van der Waals surface area contributed by atoms with Crippen molar-refractivity contribution in [3.63, 3.8) is 0 Å². The van der Waals surface area contributed by atoms with Gasteiger partial charge in [0.1, 0.15) is 0 Å². The van der Waals surface area contributed by atoms with E-state index >= 15 is 0 Å². The smallest absolute Gasteiger partial charge is 0.319 e. The van der Waals surface area contributed by atoms with E-state index in [2.05, 4.69) is 10.6 Å². The molecule has 2 fully saturated rings. The lowest BCUT2D eigenvalue weighted by molar-refractivity contribution is -0.126. The zero-order chi connectivity index (χ0) is 15.9. The van der Waals surface area contributed by atoms with E-state index < -0.39 is 0 Å². The summed E-state index contributed by atoms with van der Waals surface area (Å²) in [6.45, 7) is 5.39. The standard InChI is InChI=1S/C15H26N4O3/c1-12(20)16-6-7-17-14(21)13-4-10-19(11-5-13)15(22)18-8-2-3-9-18/h13H,2-11H2,1H3,(H,16,20)(H,17,21). The summed E-state index contributed by atoms with van der Waals surface area (Å²) in [5.41, 5.74) is 0. The van der Waals surface area contributed by atoms with Gasteiger partial charge in [0.15, 0.2) is 0 Å². The van der Waals surface area contributed by atoms with E-state index in [1.165, 1.54) is 6.92 Å². The molecule has 2 heterocycles. The maximum absolute atomic E-state index is 12.3. The molecule has 4 amide bonds. The van der Waals surface area contributed by atoms with E-state index in [9.17, 15) is 14.4 Å². The monoisotopic (exact) mass is 310 g/mol. The molecule has 124 valence electrons. The molecule has 0 aromatic rings. The van der Waals surface area contributed by atoms with E-state index in [1.54, 1.807) is 0 Å². The highest BCUT2D eigenvalue weighted by Crippen LogP contribution is 2.20. The second kappa shape index (κ2) is 8.00. The lowest BCUT2D eigenvalue weighted by atomic mass is 9.96. The normalized spacial score (nSPS) is 19.1. The van der Waals surface area contributed by atoms with E-state index in [1.807, 2.05) is 9.80 Å². The van der Waals surface area contributed by atoms with Crippen molar-refractivity contribution in [1.82, 2.24) is 20.4 Å². The number of piperidine rings is 1. The van der Waals surface area contributed by atoms with Gasteiger partial charge in [0.2, 0.25) is 11.8 Å². The molecule has 0 unspecified atom stereocenters. The van der Waals surface area contributed by atoms with Crippen molar-refractivity contribution in [2.24, 2.45) is 5.92 Å². The first-order valence-electron chi connectivity index (χ1n) is 8.14. The summed E-state index contributed by atoms with van der Waals surface area (Å²) in [7, 11) is 0. The number of urea groups is 1. The quantitative estimate of drug-likeness (QED) is 0.726. The number of carbonyl (C=O) groups is 3. The van der Waals surface area contributed by atoms with Gasteiger partial charge in [-0.1, -0.05) is 0 Å². The Morgan fingerprint density at radius 3 is 2.05 bits per heavy atom. The van der Waals surface area contributed by atoms with E-state index in [0.717, 1.165) is 25.9 Å². The molecule has 0 spiro atoms. The van der Waals surface area contributed by atoms with Crippen molar-refractivity contribution < 1.29 is 14.4 Å². The fourth-order valence-electron chi connectivity index (χ4n) is 3.01. The second-order valence-electron chi connectivity index (χ2n) is 6.01. The van der Waals surface area contributed by atoms with Crippen molar-refractivity contribution in [3.8, 4) is 0 Å². The minimum absolute atomic E-state index is 0.0265. The third kappa shape index (κ3) is 4.61. The number of likely N-dealkylation sites (tertiary alicyclic amines) is 2. The average molecular weight is 310 g/mol. The molecular formula is C15H26N4O3. The summed E-state index contributed by atoms with van der Waals surface area (Å²) in [5, 5.41) is 5.48. The van der Waals surface area contributed by atoms with E-state index in [-0.39, 0.29) is 23.8 Å². The number of amides is 4. The fourth-order valence-corrected chi connectivity index (χ4v) is 3.01. The predicted molar refractivity (Wildman–Crippen MR) is 82.2 cm³/mol. The Kier molecular flexibility index (Phi) is 6.03. The van der Waals surface area contributed by atoms with Crippen LogP contribution in [0.3, 0.4) is 0 Å². The summed E-state index contributed by atoms with van der Waals surface area (Å²) >= 11 is 0. The number of hydrogen-bond acceptors (Lipinski definition) is 3. The zero-order valence-electron chi connectivity index (χ0n) is 13.3. The Balaban J connectivity index is 1.66. The highest BCUT2D eigenvalue weighted by Gasteiger charge is 2.30. The third-order valence-corrected chi connectivity index (χ3v) is 4.31. The molecular weight excluding hydrogens is 284 g/mol. The maximum Gasteiger partial charge on any atom is 0.319 e. The van der Waals surface area contributed by atoms with Gasteiger partial charge in [-0.3, -0.25) is 9.59 Å². The molecule has 0 bridgehead atoms. The van der Waals surface area contributed by atoms with Crippen LogP contribution in [0.5, 0.6) is 0 Å². The largest absolute Gasteiger partial charge is 0.355 e. The molecule has 2 aliphatic rings. The van der Waals surface area contributed by atoms with E-state index in [0.29, 0.717) is 39.0 Å². The number of rotatable bonds is 4. The number of carbonyl (C=O) groups excluding carboxylic acids is 3. The van der Waals surface area contributed by atoms with E-state index in [4.69, 9.17) is 0 Å². The van der Waals surface area contributed by atoms with Crippen LogP contribution in [0.1, 0.15) is 32.6 Å². The Labute approximate surface area is 131 Å². The fraction of sp³-hybridized carbons (Fsp3) is 0.800. The Hall–Kier alpha value is -1.79. The van der Waals surface area contributed by atoms with Gasteiger partial charge in [-0.05, 0) is 25.7 Å². The van der Waals surface area contributed by atoms with Gasteiger partial charge in [0.05, 0.1) is 0 Å². The van der Waals surface area contributed by atoms with Crippen molar-refractivity contribution in [3.05, 3.63) is 0 Å². The summed E-state index contributed by atoms with van der Waals surface area (Å²) < 4.78 is 0. The van der Waals surface area contributed by atoms with Crippen LogP contribution < -0.4 is 10.6 Å². The molecule has 22 heavy (non-hydrogen) atoms. The Morgan fingerprint density at radius 1 is 0.909 bits per heavy atom. The van der Waals surface area contributed by atoms with Gasteiger partial charge in [-0.2, -0.15) is 0 Å². The third-order valence-electron chi connectivity index (χ3n) is 4.31. The maximum atomic E-state index is 12.3. The van der Waals surface area contributed by atoms with Gasteiger partial charge in [0.25, 0.3) is 0 Å². The van der Waals surface area contributed by atoms with Crippen molar-refractivity contribution in [2.45, 2.75) is 32.6 Å². The van der Waals surface area contributed by atoms with Crippen LogP contribution in [0.25, 0.3) is 0 Å². The molecule has 0 saturated carbocycles. The number of hydrogen-bond donors (Lipinski definition) is 2. The molecule has 2 rings (SSSR count). The van der Waals surface area contributed by atoms with Crippen LogP contribution in [0.15, 0.2) is 0 Å². The van der Waals surface area contributed by atoms with Crippen molar-refractivity contribution in [1.29, 1.82) is 0 Å². The molecule has 2 saturated heterocycles. The van der Waals surface area contributed by atoms with Crippen LogP contribution in [-0.4, -0.2) is 66.9 Å². The Morgan fingerprint density at radius 2 is 1.45 bits per heavy atom. The predicted octanol–water partition coefficient (Wildman–Crippen LogP) is 0.167. The minimum atomic E-state index is -0.0945. The summed E-state index contributed by atoms with van der Waals surface area (Å²) in [6, 6.07) is 0.127. The van der Waals surface area contributed by atoms with Crippen molar-refractivity contribution in [2.75, 3.05) is 39.3 Å².